The fourth-order valence-corrected chi connectivity index (χ4v) is 2.17. The molecule has 2 N–H and O–H groups in total. The molecule has 1 amide bonds. The van der Waals surface area contributed by atoms with E-state index in [2.05, 4.69) is 33.5 Å². The zero-order valence-corrected chi connectivity index (χ0v) is 13.9. The second-order valence-electron chi connectivity index (χ2n) is 4.85. The van der Waals surface area contributed by atoms with Crippen LogP contribution in [0.1, 0.15) is 37.6 Å². The minimum Gasteiger partial charge on any atom is -0.491 e. The molecule has 0 saturated heterocycles. The van der Waals surface area contributed by atoms with Gasteiger partial charge in [0.05, 0.1) is 6.10 Å². The second-order valence-corrected chi connectivity index (χ2v) is 5.76. The summed E-state index contributed by atoms with van der Waals surface area (Å²) in [4.78, 5) is 12.1. The first-order valence-electron chi connectivity index (χ1n) is 6.99. The fraction of sp³-hybridized carbons (Fsp3) is 0.533. The third-order valence-electron chi connectivity index (χ3n) is 2.52. The molecule has 0 bridgehead atoms. The average molecular weight is 343 g/mol. The molecule has 1 aromatic rings. The van der Waals surface area contributed by atoms with Crippen molar-refractivity contribution in [3.05, 3.63) is 28.2 Å². The molecule has 1 rings (SSSR count). The maximum atomic E-state index is 12.1. The Morgan fingerprint density at radius 1 is 1.25 bits per heavy atom. The van der Waals surface area contributed by atoms with Crippen molar-refractivity contribution in [2.24, 2.45) is 0 Å². The summed E-state index contributed by atoms with van der Waals surface area (Å²) in [6.07, 6.45) is 1.17. The first kappa shape index (κ1) is 17.0. The van der Waals surface area contributed by atoms with Gasteiger partial charge >= 0.3 is 0 Å². The second kappa shape index (κ2) is 8.97. The number of hydrogen-bond acceptors (Lipinski definition) is 3. The number of benzene rings is 1. The molecule has 0 aliphatic rings. The van der Waals surface area contributed by atoms with Crippen molar-refractivity contribution in [2.45, 2.75) is 33.3 Å². The lowest BCUT2D eigenvalue weighted by molar-refractivity contribution is 0.0953. The lowest BCUT2D eigenvalue weighted by Crippen LogP contribution is -2.32. The molecule has 5 heteroatoms. The van der Waals surface area contributed by atoms with Crippen molar-refractivity contribution in [2.75, 3.05) is 19.6 Å². The predicted octanol–water partition coefficient (Wildman–Crippen LogP) is 2.97. The Hall–Kier alpha value is -1.07. The van der Waals surface area contributed by atoms with Gasteiger partial charge < -0.3 is 15.4 Å². The third-order valence-corrected chi connectivity index (χ3v) is 2.98. The molecule has 0 spiro atoms. The lowest BCUT2D eigenvalue weighted by atomic mass is 10.2. The van der Waals surface area contributed by atoms with Gasteiger partial charge in [0, 0.05) is 23.1 Å². The normalized spacial score (nSPS) is 10.7. The van der Waals surface area contributed by atoms with Crippen LogP contribution >= 0.6 is 15.9 Å². The number of rotatable bonds is 8. The van der Waals surface area contributed by atoms with E-state index < -0.39 is 0 Å². The van der Waals surface area contributed by atoms with Gasteiger partial charge in [-0.05, 0) is 45.0 Å². The summed E-state index contributed by atoms with van der Waals surface area (Å²) in [5.41, 5.74) is 0.602. The Balaban J connectivity index is 2.56. The smallest absolute Gasteiger partial charge is 0.251 e. The fourth-order valence-electron chi connectivity index (χ4n) is 1.70. The van der Waals surface area contributed by atoms with Gasteiger partial charge in [-0.15, -0.1) is 0 Å². The number of halogens is 1. The van der Waals surface area contributed by atoms with Crippen molar-refractivity contribution in [1.29, 1.82) is 0 Å². The first-order valence-corrected chi connectivity index (χ1v) is 7.78. The molecule has 0 fully saturated rings. The molecule has 0 saturated carbocycles. The van der Waals surface area contributed by atoms with Crippen LogP contribution in [-0.4, -0.2) is 31.6 Å². The highest BCUT2D eigenvalue weighted by Gasteiger charge is 2.09. The number of carbonyl (C=O) groups is 1. The van der Waals surface area contributed by atoms with E-state index >= 15 is 0 Å². The van der Waals surface area contributed by atoms with E-state index in [1.807, 2.05) is 19.9 Å². The highest BCUT2D eigenvalue weighted by Crippen LogP contribution is 2.22. The minimum absolute atomic E-state index is 0.0819. The monoisotopic (exact) mass is 342 g/mol. The third kappa shape index (κ3) is 6.39. The summed E-state index contributed by atoms with van der Waals surface area (Å²) < 4.78 is 6.46. The van der Waals surface area contributed by atoms with E-state index in [4.69, 9.17) is 4.74 Å². The van der Waals surface area contributed by atoms with E-state index in [0.717, 1.165) is 24.0 Å². The Morgan fingerprint density at radius 2 is 2.00 bits per heavy atom. The largest absolute Gasteiger partial charge is 0.491 e. The molecule has 0 atom stereocenters. The maximum Gasteiger partial charge on any atom is 0.251 e. The number of nitrogens with one attached hydrogen (secondary N) is 2. The standard InChI is InChI=1S/C15H23BrN2O2/c1-4-5-17-6-7-18-15(19)12-8-13(16)10-14(9-12)20-11(2)3/h8-11,17H,4-7H2,1-3H3,(H,18,19). The zero-order chi connectivity index (χ0) is 15.0. The van der Waals surface area contributed by atoms with E-state index in [1.54, 1.807) is 12.1 Å². The van der Waals surface area contributed by atoms with Crippen LogP contribution in [0.2, 0.25) is 0 Å². The van der Waals surface area contributed by atoms with Gasteiger partial charge in [-0.3, -0.25) is 4.79 Å². The lowest BCUT2D eigenvalue weighted by Gasteiger charge is -2.12. The number of ether oxygens (including phenoxy) is 1. The molecular weight excluding hydrogens is 320 g/mol. The quantitative estimate of drug-likeness (QED) is 0.714. The van der Waals surface area contributed by atoms with Gasteiger partial charge in [-0.25, -0.2) is 0 Å². The van der Waals surface area contributed by atoms with Gasteiger partial charge in [-0.1, -0.05) is 22.9 Å². The molecule has 0 aliphatic heterocycles. The van der Waals surface area contributed by atoms with Gasteiger partial charge in [0.1, 0.15) is 5.75 Å². The molecule has 0 unspecified atom stereocenters. The number of hydrogen-bond donors (Lipinski definition) is 2. The summed E-state index contributed by atoms with van der Waals surface area (Å²) in [6.45, 7) is 8.40. The van der Waals surface area contributed by atoms with Crippen molar-refractivity contribution in [3.63, 3.8) is 0 Å². The Kier molecular flexibility index (Phi) is 7.62. The molecule has 112 valence electrons. The van der Waals surface area contributed by atoms with Crippen LogP contribution < -0.4 is 15.4 Å². The Morgan fingerprint density at radius 3 is 2.65 bits per heavy atom. The van der Waals surface area contributed by atoms with Crippen LogP contribution in [0.25, 0.3) is 0 Å². The zero-order valence-electron chi connectivity index (χ0n) is 12.3. The van der Waals surface area contributed by atoms with Crippen LogP contribution in [0.3, 0.4) is 0 Å². The van der Waals surface area contributed by atoms with Gasteiger partial charge in [0.25, 0.3) is 5.91 Å². The van der Waals surface area contributed by atoms with Crippen LogP contribution in [0.5, 0.6) is 5.75 Å². The van der Waals surface area contributed by atoms with E-state index in [-0.39, 0.29) is 12.0 Å². The van der Waals surface area contributed by atoms with Crippen molar-refractivity contribution in [1.82, 2.24) is 10.6 Å². The van der Waals surface area contributed by atoms with Crippen LogP contribution in [0.15, 0.2) is 22.7 Å². The average Bonchev–Trinajstić information content (AvgIpc) is 2.36. The van der Waals surface area contributed by atoms with Crippen molar-refractivity contribution < 1.29 is 9.53 Å². The van der Waals surface area contributed by atoms with Gasteiger partial charge in [0.2, 0.25) is 0 Å². The topological polar surface area (TPSA) is 50.4 Å². The molecule has 1 aromatic carbocycles. The predicted molar refractivity (Wildman–Crippen MR) is 85.4 cm³/mol. The van der Waals surface area contributed by atoms with Crippen LogP contribution in [0.4, 0.5) is 0 Å². The van der Waals surface area contributed by atoms with Gasteiger partial charge in [-0.2, -0.15) is 0 Å². The maximum absolute atomic E-state index is 12.1. The molecular formula is C15H23BrN2O2. The highest BCUT2D eigenvalue weighted by atomic mass is 79.9. The molecule has 0 radical (unpaired) electrons. The summed E-state index contributed by atoms with van der Waals surface area (Å²) in [6, 6.07) is 5.42. The van der Waals surface area contributed by atoms with E-state index in [9.17, 15) is 4.79 Å². The van der Waals surface area contributed by atoms with Gasteiger partial charge in [0.15, 0.2) is 0 Å². The Bertz CT molecular complexity index is 436. The van der Waals surface area contributed by atoms with E-state index in [0.29, 0.717) is 17.9 Å². The molecule has 0 heterocycles. The number of carbonyl (C=O) groups excluding carboxylic acids is 1. The Labute approximate surface area is 129 Å². The highest BCUT2D eigenvalue weighted by molar-refractivity contribution is 9.10. The van der Waals surface area contributed by atoms with Crippen molar-refractivity contribution in [3.8, 4) is 5.75 Å². The summed E-state index contributed by atoms with van der Waals surface area (Å²) in [5, 5.41) is 6.13. The number of amides is 1. The SMILES string of the molecule is CCCNCCNC(=O)c1cc(Br)cc(OC(C)C)c1. The van der Waals surface area contributed by atoms with Crippen LogP contribution in [0, 0.1) is 0 Å². The summed E-state index contributed by atoms with van der Waals surface area (Å²) in [7, 11) is 0. The van der Waals surface area contributed by atoms with Crippen LogP contribution in [-0.2, 0) is 0 Å². The van der Waals surface area contributed by atoms with E-state index in [1.165, 1.54) is 0 Å². The molecule has 20 heavy (non-hydrogen) atoms. The summed E-state index contributed by atoms with van der Waals surface area (Å²) in [5.74, 6) is 0.613. The minimum atomic E-state index is -0.0850. The first-order chi connectivity index (χ1) is 9.52. The van der Waals surface area contributed by atoms with Crippen molar-refractivity contribution >= 4 is 21.8 Å². The molecule has 4 nitrogen and oxygen atoms in total. The molecule has 0 aliphatic carbocycles. The molecule has 0 aromatic heterocycles. The summed E-state index contributed by atoms with van der Waals surface area (Å²) >= 11 is 3.40.